The van der Waals surface area contributed by atoms with Gasteiger partial charge in [-0.2, -0.15) is 0 Å². The van der Waals surface area contributed by atoms with Crippen molar-refractivity contribution in [1.82, 2.24) is 4.90 Å². The monoisotopic (exact) mass is 319 g/mol. The number of amides is 3. The predicted octanol–water partition coefficient (Wildman–Crippen LogP) is 1.07. The molecule has 3 amide bonds. The Labute approximate surface area is 132 Å². The maximum Gasteiger partial charge on any atom is 0.253 e. The van der Waals surface area contributed by atoms with Crippen molar-refractivity contribution in [2.75, 3.05) is 24.2 Å². The molecule has 1 aromatic carbocycles. The number of hydrogen-bond acceptors (Lipinski definition) is 4. The number of hydrogen-bond donors (Lipinski definition) is 2. The predicted molar refractivity (Wildman–Crippen MR) is 83.6 cm³/mol. The van der Waals surface area contributed by atoms with Crippen LogP contribution >= 0.6 is 11.8 Å². The Balaban J connectivity index is 1.79. The van der Waals surface area contributed by atoms with E-state index in [1.54, 1.807) is 17.0 Å². The molecule has 22 heavy (non-hydrogen) atoms. The number of piperidine rings is 1. The van der Waals surface area contributed by atoms with Gasteiger partial charge < -0.3 is 16.0 Å². The normalized spacial score (nSPS) is 21.0. The third kappa shape index (κ3) is 2.94. The zero-order valence-corrected chi connectivity index (χ0v) is 12.8. The highest BCUT2D eigenvalue weighted by Gasteiger charge is 2.28. The lowest BCUT2D eigenvalue weighted by molar-refractivity contribution is -0.123. The van der Waals surface area contributed by atoms with Gasteiger partial charge in [-0.15, -0.1) is 11.8 Å². The van der Waals surface area contributed by atoms with Gasteiger partial charge in [0, 0.05) is 23.5 Å². The standard InChI is InChI=1S/C15H17N3O3S/c16-14(20)10-2-1-5-18(7-10)15(21)9-3-4-12-11(6-9)17-13(19)8-22-12/h3-4,6,10H,1-2,5,7-8H2,(H2,16,20)(H,17,19)/t10-/m0/s1. The van der Waals surface area contributed by atoms with Crippen molar-refractivity contribution in [3.63, 3.8) is 0 Å². The number of fused-ring (bicyclic) bond motifs is 1. The molecule has 0 aromatic heterocycles. The highest BCUT2D eigenvalue weighted by molar-refractivity contribution is 8.00. The fourth-order valence-electron chi connectivity index (χ4n) is 2.79. The quantitative estimate of drug-likeness (QED) is 0.853. The summed E-state index contributed by atoms with van der Waals surface area (Å²) in [7, 11) is 0. The van der Waals surface area contributed by atoms with E-state index in [0.717, 1.165) is 17.7 Å². The number of primary amides is 1. The highest BCUT2D eigenvalue weighted by Crippen LogP contribution is 2.32. The molecule has 1 saturated heterocycles. The molecule has 7 heteroatoms. The van der Waals surface area contributed by atoms with Crippen LogP contribution in [-0.2, 0) is 9.59 Å². The van der Waals surface area contributed by atoms with Crippen LogP contribution in [-0.4, -0.2) is 41.5 Å². The van der Waals surface area contributed by atoms with Gasteiger partial charge in [0.2, 0.25) is 11.8 Å². The zero-order valence-electron chi connectivity index (χ0n) is 12.0. The summed E-state index contributed by atoms with van der Waals surface area (Å²) in [4.78, 5) is 38.0. The van der Waals surface area contributed by atoms with Crippen LogP contribution in [0.3, 0.4) is 0 Å². The Morgan fingerprint density at radius 2 is 2.18 bits per heavy atom. The van der Waals surface area contributed by atoms with Crippen molar-refractivity contribution in [2.24, 2.45) is 11.7 Å². The average molecular weight is 319 g/mol. The number of thioether (sulfide) groups is 1. The summed E-state index contributed by atoms with van der Waals surface area (Å²) >= 11 is 1.46. The van der Waals surface area contributed by atoms with Crippen LogP contribution in [0.1, 0.15) is 23.2 Å². The number of nitrogens with zero attached hydrogens (tertiary/aromatic N) is 1. The Morgan fingerprint density at radius 1 is 1.36 bits per heavy atom. The number of likely N-dealkylation sites (tertiary alicyclic amines) is 1. The molecular formula is C15H17N3O3S. The summed E-state index contributed by atoms with van der Waals surface area (Å²) in [5, 5.41) is 2.78. The third-order valence-corrected chi connectivity index (χ3v) is 5.04. The van der Waals surface area contributed by atoms with Crippen LogP contribution < -0.4 is 11.1 Å². The van der Waals surface area contributed by atoms with Gasteiger partial charge >= 0.3 is 0 Å². The van der Waals surface area contributed by atoms with Crippen molar-refractivity contribution >= 4 is 35.2 Å². The first-order chi connectivity index (χ1) is 10.5. The minimum absolute atomic E-state index is 0.0612. The van der Waals surface area contributed by atoms with Crippen LogP contribution in [0, 0.1) is 5.92 Å². The number of nitrogens with one attached hydrogen (secondary N) is 1. The fourth-order valence-corrected chi connectivity index (χ4v) is 3.58. The lowest BCUT2D eigenvalue weighted by Gasteiger charge is -2.31. The first-order valence-electron chi connectivity index (χ1n) is 7.20. The molecule has 0 bridgehead atoms. The summed E-state index contributed by atoms with van der Waals surface area (Å²) in [6.45, 7) is 0.993. The molecule has 1 atom stereocenters. The number of rotatable bonds is 2. The fraction of sp³-hybridized carbons (Fsp3) is 0.400. The molecule has 2 heterocycles. The molecule has 0 aliphatic carbocycles. The summed E-state index contributed by atoms with van der Waals surface area (Å²) in [6, 6.07) is 5.32. The number of benzene rings is 1. The van der Waals surface area contributed by atoms with E-state index >= 15 is 0 Å². The summed E-state index contributed by atoms with van der Waals surface area (Å²) < 4.78 is 0. The summed E-state index contributed by atoms with van der Waals surface area (Å²) in [6.07, 6.45) is 1.51. The minimum atomic E-state index is -0.355. The van der Waals surface area contributed by atoms with E-state index < -0.39 is 0 Å². The van der Waals surface area contributed by atoms with Gasteiger partial charge in [0.25, 0.3) is 5.91 Å². The molecule has 6 nitrogen and oxygen atoms in total. The van der Waals surface area contributed by atoms with Crippen LogP contribution in [0.25, 0.3) is 0 Å². The van der Waals surface area contributed by atoms with Gasteiger partial charge in [-0.05, 0) is 31.0 Å². The molecule has 1 fully saturated rings. The van der Waals surface area contributed by atoms with Gasteiger partial charge in [-0.25, -0.2) is 0 Å². The second-order valence-corrected chi connectivity index (χ2v) is 6.56. The number of nitrogens with two attached hydrogens (primary N) is 1. The van der Waals surface area contributed by atoms with Crippen LogP contribution in [0.15, 0.2) is 23.1 Å². The Hall–Kier alpha value is -2.02. The van der Waals surface area contributed by atoms with Crippen LogP contribution in [0.2, 0.25) is 0 Å². The molecular weight excluding hydrogens is 302 g/mol. The maximum absolute atomic E-state index is 12.6. The van der Waals surface area contributed by atoms with Gasteiger partial charge in [0.1, 0.15) is 0 Å². The SMILES string of the molecule is NC(=O)[C@H]1CCCN(C(=O)c2ccc3c(c2)NC(=O)CS3)C1. The average Bonchev–Trinajstić information content (AvgIpc) is 2.53. The number of carbonyl (C=O) groups excluding carboxylic acids is 3. The molecule has 116 valence electrons. The Morgan fingerprint density at radius 3 is 2.95 bits per heavy atom. The number of anilines is 1. The third-order valence-electron chi connectivity index (χ3n) is 3.97. The molecule has 0 unspecified atom stereocenters. The lowest BCUT2D eigenvalue weighted by Crippen LogP contribution is -2.44. The van der Waals surface area contributed by atoms with Gasteiger partial charge in [0.05, 0.1) is 17.4 Å². The summed E-state index contributed by atoms with van der Waals surface area (Å²) in [5.41, 5.74) is 6.54. The van der Waals surface area contributed by atoms with Crippen LogP contribution in [0.4, 0.5) is 5.69 Å². The second kappa shape index (κ2) is 6.00. The number of carbonyl (C=O) groups is 3. The molecule has 3 rings (SSSR count). The zero-order chi connectivity index (χ0) is 15.7. The van der Waals surface area contributed by atoms with E-state index in [2.05, 4.69) is 5.32 Å². The van der Waals surface area contributed by atoms with Crippen molar-refractivity contribution in [2.45, 2.75) is 17.7 Å². The summed E-state index contributed by atoms with van der Waals surface area (Å²) in [5.74, 6) is -0.420. The molecule has 2 aliphatic rings. The molecule has 3 N–H and O–H groups in total. The van der Waals surface area contributed by atoms with E-state index in [9.17, 15) is 14.4 Å². The van der Waals surface area contributed by atoms with Gasteiger partial charge in [-0.3, -0.25) is 14.4 Å². The first-order valence-corrected chi connectivity index (χ1v) is 8.18. The van der Waals surface area contributed by atoms with Crippen molar-refractivity contribution < 1.29 is 14.4 Å². The van der Waals surface area contributed by atoms with Gasteiger partial charge in [-0.1, -0.05) is 0 Å². The lowest BCUT2D eigenvalue weighted by atomic mass is 9.97. The molecule has 2 aliphatic heterocycles. The largest absolute Gasteiger partial charge is 0.369 e. The van der Waals surface area contributed by atoms with E-state index in [0.29, 0.717) is 30.1 Å². The van der Waals surface area contributed by atoms with Gasteiger partial charge in [0.15, 0.2) is 0 Å². The van der Waals surface area contributed by atoms with Crippen molar-refractivity contribution in [1.29, 1.82) is 0 Å². The van der Waals surface area contributed by atoms with Crippen molar-refractivity contribution in [3.05, 3.63) is 23.8 Å². The molecule has 1 aromatic rings. The second-order valence-electron chi connectivity index (χ2n) is 5.54. The molecule has 0 radical (unpaired) electrons. The van der Waals surface area contributed by atoms with Crippen molar-refractivity contribution in [3.8, 4) is 0 Å². The Kier molecular flexibility index (Phi) is 4.06. The first kappa shape index (κ1) is 14.9. The Bertz CT molecular complexity index is 647. The molecule has 0 saturated carbocycles. The van der Waals surface area contributed by atoms with E-state index in [1.807, 2.05) is 6.07 Å². The maximum atomic E-state index is 12.6. The van der Waals surface area contributed by atoms with E-state index in [1.165, 1.54) is 11.8 Å². The van der Waals surface area contributed by atoms with E-state index in [-0.39, 0.29) is 23.6 Å². The van der Waals surface area contributed by atoms with E-state index in [4.69, 9.17) is 5.73 Å². The van der Waals surface area contributed by atoms with Crippen LogP contribution in [0.5, 0.6) is 0 Å². The highest BCUT2D eigenvalue weighted by atomic mass is 32.2. The molecule has 0 spiro atoms. The minimum Gasteiger partial charge on any atom is -0.369 e. The smallest absolute Gasteiger partial charge is 0.253 e. The topological polar surface area (TPSA) is 92.5 Å².